The van der Waals surface area contributed by atoms with Gasteiger partial charge < -0.3 is 5.73 Å². The molecule has 3 nitrogen and oxygen atoms in total. The fourth-order valence-corrected chi connectivity index (χ4v) is 1.97. The summed E-state index contributed by atoms with van der Waals surface area (Å²) in [5, 5.41) is 3.18. The van der Waals surface area contributed by atoms with E-state index >= 15 is 0 Å². The van der Waals surface area contributed by atoms with Crippen molar-refractivity contribution in [1.29, 1.82) is 0 Å². The molecule has 3 N–H and O–H groups in total. The van der Waals surface area contributed by atoms with Crippen LogP contribution >= 0.6 is 0 Å². The van der Waals surface area contributed by atoms with Gasteiger partial charge in [0.2, 0.25) is 5.91 Å². The topological polar surface area (TPSA) is 55.1 Å². The summed E-state index contributed by atoms with van der Waals surface area (Å²) < 4.78 is 0. The molecule has 1 amide bonds. The first-order valence-electron chi connectivity index (χ1n) is 6.54. The minimum absolute atomic E-state index is 0.126. The molecule has 0 radical (unpaired) electrons. The lowest BCUT2D eigenvalue weighted by Gasteiger charge is -2.18. The van der Waals surface area contributed by atoms with E-state index in [4.69, 9.17) is 5.73 Å². The molecule has 0 spiro atoms. The molecule has 3 heteroatoms. The normalized spacial score (nSPS) is 14.5. The van der Waals surface area contributed by atoms with Crippen LogP contribution in [0.5, 0.6) is 0 Å². The van der Waals surface area contributed by atoms with Crippen LogP contribution in [0.15, 0.2) is 24.3 Å². The number of amides is 1. The minimum atomic E-state index is -0.321. The molecule has 0 aromatic heterocycles. The van der Waals surface area contributed by atoms with Gasteiger partial charge in [-0.2, -0.15) is 0 Å². The van der Waals surface area contributed by atoms with Gasteiger partial charge in [-0.3, -0.25) is 10.1 Å². The van der Waals surface area contributed by atoms with Gasteiger partial charge in [0.25, 0.3) is 0 Å². The van der Waals surface area contributed by atoms with Crippen molar-refractivity contribution in [1.82, 2.24) is 5.32 Å². The standard InChI is InChI=1S/C15H24N2O/c1-10(2)9-13-5-7-14(8-6-13)11(3)17-12(4)15(16)18/h5-8,10-12,17H,9H2,1-4H3,(H2,16,18)/t11-,12+/m1/s1. The molecule has 18 heavy (non-hydrogen) atoms. The van der Waals surface area contributed by atoms with Crippen LogP contribution in [0.1, 0.15) is 44.9 Å². The maximum atomic E-state index is 11.0. The molecule has 1 rings (SSSR count). The molecule has 0 unspecified atom stereocenters. The van der Waals surface area contributed by atoms with Crippen molar-refractivity contribution in [3.63, 3.8) is 0 Å². The monoisotopic (exact) mass is 248 g/mol. The van der Waals surface area contributed by atoms with Crippen molar-refractivity contribution in [3.8, 4) is 0 Å². The smallest absolute Gasteiger partial charge is 0.234 e. The number of rotatable bonds is 6. The van der Waals surface area contributed by atoms with E-state index in [0.29, 0.717) is 5.92 Å². The second-order valence-corrected chi connectivity index (χ2v) is 5.35. The first-order chi connectivity index (χ1) is 8.40. The number of primary amides is 1. The van der Waals surface area contributed by atoms with Crippen molar-refractivity contribution < 1.29 is 4.79 Å². The lowest BCUT2D eigenvalue weighted by Crippen LogP contribution is -2.39. The zero-order chi connectivity index (χ0) is 13.7. The molecule has 0 aliphatic heterocycles. The fraction of sp³-hybridized carbons (Fsp3) is 0.533. The van der Waals surface area contributed by atoms with Crippen molar-refractivity contribution in [2.24, 2.45) is 11.7 Å². The highest BCUT2D eigenvalue weighted by Gasteiger charge is 2.13. The molecule has 0 bridgehead atoms. The molecule has 0 saturated heterocycles. The Morgan fingerprint density at radius 3 is 2.17 bits per heavy atom. The Bertz CT molecular complexity index is 384. The highest BCUT2D eigenvalue weighted by molar-refractivity contribution is 5.79. The highest BCUT2D eigenvalue weighted by Crippen LogP contribution is 2.16. The van der Waals surface area contributed by atoms with E-state index in [1.54, 1.807) is 6.92 Å². The van der Waals surface area contributed by atoms with Crippen LogP contribution in [0.4, 0.5) is 0 Å². The Kier molecular flexibility index (Phi) is 5.35. The summed E-state index contributed by atoms with van der Waals surface area (Å²) in [5.41, 5.74) is 7.77. The van der Waals surface area contributed by atoms with E-state index in [1.807, 2.05) is 6.92 Å². The molecular weight excluding hydrogens is 224 g/mol. The van der Waals surface area contributed by atoms with E-state index < -0.39 is 0 Å². The molecule has 0 aliphatic rings. The van der Waals surface area contributed by atoms with Gasteiger partial charge in [0.05, 0.1) is 6.04 Å². The number of hydrogen-bond acceptors (Lipinski definition) is 2. The first kappa shape index (κ1) is 14.7. The number of benzene rings is 1. The van der Waals surface area contributed by atoms with Crippen molar-refractivity contribution in [2.45, 2.75) is 46.2 Å². The van der Waals surface area contributed by atoms with Gasteiger partial charge >= 0.3 is 0 Å². The fourth-order valence-electron chi connectivity index (χ4n) is 1.97. The zero-order valence-corrected chi connectivity index (χ0v) is 11.7. The summed E-state index contributed by atoms with van der Waals surface area (Å²) in [5.74, 6) is 0.347. The van der Waals surface area contributed by atoms with Crippen LogP contribution in [0.25, 0.3) is 0 Å². The molecule has 0 aliphatic carbocycles. The SMILES string of the molecule is CC(C)Cc1ccc([C@@H](C)N[C@@H](C)C(N)=O)cc1. The Labute approximate surface area is 110 Å². The largest absolute Gasteiger partial charge is 0.368 e. The van der Waals surface area contributed by atoms with Gasteiger partial charge in [-0.1, -0.05) is 38.1 Å². The van der Waals surface area contributed by atoms with Crippen LogP contribution in [0, 0.1) is 5.92 Å². The van der Waals surface area contributed by atoms with Crippen LogP contribution < -0.4 is 11.1 Å². The molecular formula is C15H24N2O. The van der Waals surface area contributed by atoms with Gasteiger partial charge in [0.1, 0.15) is 0 Å². The van der Waals surface area contributed by atoms with E-state index in [1.165, 1.54) is 11.1 Å². The number of hydrogen-bond donors (Lipinski definition) is 2. The van der Waals surface area contributed by atoms with Crippen LogP contribution in [0.2, 0.25) is 0 Å². The predicted molar refractivity (Wildman–Crippen MR) is 75.2 cm³/mol. The van der Waals surface area contributed by atoms with Gasteiger partial charge in [-0.15, -0.1) is 0 Å². The van der Waals surface area contributed by atoms with Crippen molar-refractivity contribution in [3.05, 3.63) is 35.4 Å². The van der Waals surface area contributed by atoms with E-state index in [-0.39, 0.29) is 18.0 Å². The van der Waals surface area contributed by atoms with Crippen molar-refractivity contribution >= 4 is 5.91 Å². The molecule has 0 fully saturated rings. The lowest BCUT2D eigenvalue weighted by molar-refractivity contribution is -0.119. The van der Waals surface area contributed by atoms with Gasteiger partial charge in [0.15, 0.2) is 0 Å². The summed E-state index contributed by atoms with van der Waals surface area (Å²) in [4.78, 5) is 11.0. The average Bonchev–Trinajstić information content (AvgIpc) is 2.28. The summed E-state index contributed by atoms with van der Waals surface area (Å²) in [6, 6.07) is 8.35. The second kappa shape index (κ2) is 6.55. The number of nitrogens with two attached hydrogens (primary N) is 1. The Balaban J connectivity index is 2.64. The van der Waals surface area contributed by atoms with Gasteiger partial charge in [-0.05, 0) is 37.3 Å². The maximum Gasteiger partial charge on any atom is 0.234 e. The summed E-state index contributed by atoms with van der Waals surface area (Å²) in [6.45, 7) is 8.25. The van der Waals surface area contributed by atoms with Crippen LogP contribution in [-0.2, 0) is 11.2 Å². The third kappa shape index (κ3) is 4.49. The highest BCUT2D eigenvalue weighted by atomic mass is 16.1. The Morgan fingerprint density at radius 2 is 1.72 bits per heavy atom. The Hall–Kier alpha value is -1.35. The van der Waals surface area contributed by atoms with E-state index in [2.05, 4.69) is 43.4 Å². The number of carbonyl (C=O) groups excluding carboxylic acids is 1. The number of carbonyl (C=O) groups is 1. The quantitative estimate of drug-likeness (QED) is 0.812. The molecule has 100 valence electrons. The number of nitrogens with one attached hydrogen (secondary N) is 1. The predicted octanol–water partition coefficient (Wildman–Crippen LogP) is 2.41. The zero-order valence-electron chi connectivity index (χ0n) is 11.7. The third-order valence-electron chi connectivity index (χ3n) is 3.05. The Morgan fingerprint density at radius 1 is 1.17 bits per heavy atom. The van der Waals surface area contributed by atoms with Crippen molar-refractivity contribution in [2.75, 3.05) is 0 Å². The van der Waals surface area contributed by atoms with Gasteiger partial charge in [0, 0.05) is 6.04 Å². The molecule has 1 aromatic rings. The average molecular weight is 248 g/mol. The lowest BCUT2D eigenvalue weighted by atomic mass is 9.99. The van der Waals surface area contributed by atoms with Crippen LogP contribution in [-0.4, -0.2) is 11.9 Å². The summed E-state index contributed by atoms with van der Waals surface area (Å²) >= 11 is 0. The van der Waals surface area contributed by atoms with E-state index in [0.717, 1.165) is 6.42 Å². The van der Waals surface area contributed by atoms with E-state index in [9.17, 15) is 4.79 Å². The summed E-state index contributed by atoms with van der Waals surface area (Å²) in [6.07, 6.45) is 1.10. The first-order valence-corrected chi connectivity index (χ1v) is 6.54. The summed E-state index contributed by atoms with van der Waals surface area (Å²) in [7, 11) is 0. The second-order valence-electron chi connectivity index (χ2n) is 5.35. The van der Waals surface area contributed by atoms with Gasteiger partial charge in [-0.25, -0.2) is 0 Å². The molecule has 1 aromatic carbocycles. The third-order valence-corrected chi connectivity index (χ3v) is 3.05. The maximum absolute atomic E-state index is 11.0. The molecule has 0 heterocycles. The van der Waals surface area contributed by atoms with Crippen LogP contribution in [0.3, 0.4) is 0 Å². The molecule has 2 atom stereocenters. The minimum Gasteiger partial charge on any atom is -0.368 e. The molecule has 0 saturated carbocycles.